The lowest BCUT2D eigenvalue weighted by atomic mass is 9.97. The van der Waals surface area contributed by atoms with E-state index in [0.29, 0.717) is 32.5 Å². The maximum Gasteiger partial charge on any atom is 0.306 e. The number of hydrogen-bond acceptors (Lipinski definition) is 5. The molecule has 2 aromatic carbocycles. The number of aliphatic carboxylic acids is 1. The normalized spacial score (nSPS) is 16.5. The molecule has 0 radical (unpaired) electrons. The summed E-state index contributed by atoms with van der Waals surface area (Å²) in [4.78, 5) is 18.4. The number of carboxylic acids is 1. The first-order chi connectivity index (χ1) is 14.1. The molecule has 0 amide bonds. The second-order valence-electron chi connectivity index (χ2n) is 7.42. The van der Waals surface area contributed by atoms with Crippen LogP contribution in [0.3, 0.4) is 0 Å². The van der Waals surface area contributed by atoms with E-state index in [1.165, 1.54) is 0 Å². The molecule has 0 spiro atoms. The zero-order chi connectivity index (χ0) is 20.0. The monoisotopic (exact) mass is 505 g/mol. The van der Waals surface area contributed by atoms with Gasteiger partial charge in [-0.3, -0.25) is 4.79 Å². The summed E-state index contributed by atoms with van der Waals surface area (Å²) in [5.41, 5.74) is 3.13. The highest BCUT2D eigenvalue weighted by Gasteiger charge is 2.27. The molecule has 0 unspecified atom stereocenters. The van der Waals surface area contributed by atoms with Gasteiger partial charge < -0.3 is 24.0 Å². The molecule has 3 heterocycles. The molecule has 3 aromatic rings. The lowest BCUT2D eigenvalue weighted by Gasteiger charge is -2.31. The van der Waals surface area contributed by atoms with Crippen molar-refractivity contribution in [1.82, 2.24) is 9.55 Å². The third-order valence-electron chi connectivity index (χ3n) is 5.59. The first-order valence-electron chi connectivity index (χ1n) is 9.60. The van der Waals surface area contributed by atoms with E-state index in [0.717, 1.165) is 37.6 Å². The van der Waals surface area contributed by atoms with Crippen molar-refractivity contribution in [2.45, 2.75) is 19.4 Å². The maximum absolute atomic E-state index is 11.3. The zero-order valence-electron chi connectivity index (χ0n) is 15.7. The van der Waals surface area contributed by atoms with E-state index >= 15 is 0 Å². The Balaban J connectivity index is 1.51. The average molecular weight is 505 g/mol. The highest BCUT2D eigenvalue weighted by atomic mass is 127. The lowest BCUT2D eigenvalue weighted by Crippen LogP contribution is -2.37. The van der Waals surface area contributed by atoms with Crippen LogP contribution in [0.25, 0.3) is 11.0 Å². The van der Waals surface area contributed by atoms with Gasteiger partial charge in [0.25, 0.3) is 0 Å². The Morgan fingerprint density at radius 1 is 1.14 bits per heavy atom. The van der Waals surface area contributed by atoms with Crippen molar-refractivity contribution < 1.29 is 19.4 Å². The number of imidazole rings is 1. The van der Waals surface area contributed by atoms with Crippen molar-refractivity contribution in [2.75, 3.05) is 24.8 Å². The second kappa shape index (κ2) is 7.40. The van der Waals surface area contributed by atoms with Crippen LogP contribution in [0.15, 0.2) is 36.4 Å². The number of anilines is 1. The van der Waals surface area contributed by atoms with Gasteiger partial charge in [0, 0.05) is 16.7 Å². The van der Waals surface area contributed by atoms with Crippen molar-refractivity contribution in [1.29, 1.82) is 0 Å². The predicted octanol–water partition coefficient (Wildman–Crippen LogP) is 3.72. The Labute approximate surface area is 181 Å². The molecule has 1 N–H and O–H groups in total. The van der Waals surface area contributed by atoms with Gasteiger partial charge in [0.2, 0.25) is 12.7 Å². The molecule has 0 aliphatic carbocycles. The van der Waals surface area contributed by atoms with E-state index in [2.05, 4.69) is 50.3 Å². The standard InChI is InChI=1S/C21H20IN3O4/c22-15-2-3-17-16(10-15)23-21(24-7-5-14(6-8-24)20(26)27)25(17)11-13-1-4-18-19(9-13)29-12-28-18/h1-4,9-10,14H,5-8,11-12H2,(H,26,27). The Morgan fingerprint density at radius 3 is 2.72 bits per heavy atom. The number of piperidine rings is 1. The fourth-order valence-electron chi connectivity index (χ4n) is 4.04. The molecule has 1 saturated heterocycles. The van der Waals surface area contributed by atoms with Gasteiger partial charge in [-0.15, -0.1) is 0 Å². The van der Waals surface area contributed by atoms with Gasteiger partial charge in [-0.25, -0.2) is 4.98 Å². The third kappa shape index (κ3) is 3.50. The van der Waals surface area contributed by atoms with Crippen LogP contribution in [0.2, 0.25) is 0 Å². The molecule has 1 aromatic heterocycles. The SMILES string of the molecule is O=C(O)C1CCN(c2nc3cc(I)ccc3n2Cc2ccc3c(c2)OCO3)CC1. The van der Waals surface area contributed by atoms with Crippen LogP contribution in [0.4, 0.5) is 5.95 Å². The van der Waals surface area contributed by atoms with E-state index in [9.17, 15) is 9.90 Å². The van der Waals surface area contributed by atoms with Crippen molar-refractivity contribution in [3.05, 3.63) is 45.5 Å². The van der Waals surface area contributed by atoms with Crippen LogP contribution in [0.1, 0.15) is 18.4 Å². The fourth-order valence-corrected chi connectivity index (χ4v) is 4.51. The van der Waals surface area contributed by atoms with Gasteiger partial charge >= 0.3 is 5.97 Å². The number of carboxylic acid groups (broad SMARTS) is 1. The van der Waals surface area contributed by atoms with E-state index in [1.807, 2.05) is 18.2 Å². The van der Waals surface area contributed by atoms with Gasteiger partial charge in [0.1, 0.15) is 0 Å². The smallest absolute Gasteiger partial charge is 0.306 e. The highest BCUT2D eigenvalue weighted by Crippen LogP contribution is 2.34. The number of halogens is 1. The molecule has 2 aliphatic rings. The summed E-state index contributed by atoms with van der Waals surface area (Å²) in [5, 5.41) is 9.30. The summed E-state index contributed by atoms with van der Waals surface area (Å²) in [6, 6.07) is 12.3. The molecule has 0 bridgehead atoms. The third-order valence-corrected chi connectivity index (χ3v) is 6.27. The molecule has 2 aliphatic heterocycles. The summed E-state index contributed by atoms with van der Waals surface area (Å²) in [7, 11) is 0. The Hall–Kier alpha value is -2.49. The fraction of sp³-hybridized carbons (Fsp3) is 0.333. The number of benzene rings is 2. The first-order valence-corrected chi connectivity index (χ1v) is 10.7. The summed E-state index contributed by atoms with van der Waals surface area (Å²) >= 11 is 2.30. The van der Waals surface area contributed by atoms with Crippen molar-refractivity contribution in [3.8, 4) is 11.5 Å². The van der Waals surface area contributed by atoms with E-state index in [-0.39, 0.29) is 12.7 Å². The summed E-state index contributed by atoms with van der Waals surface area (Å²) < 4.78 is 14.3. The van der Waals surface area contributed by atoms with Crippen LogP contribution in [-0.4, -0.2) is 40.5 Å². The minimum Gasteiger partial charge on any atom is -0.481 e. The predicted molar refractivity (Wildman–Crippen MR) is 117 cm³/mol. The van der Waals surface area contributed by atoms with E-state index < -0.39 is 5.97 Å². The zero-order valence-corrected chi connectivity index (χ0v) is 17.8. The Morgan fingerprint density at radius 2 is 1.93 bits per heavy atom. The van der Waals surface area contributed by atoms with Crippen LogP contribution < -0.4 is 14.4 Å². The van der Waals surface area contributed by atoms with Crippen LogP contribution in [0, 0.1) is 9.49 Å². The number of hydrogen-bond donors (Lipinski definition) is 1. The minimum atomic E-state index is -0.701. The molecule has 8 heteroatoms. The topological polar surface area (TPSA) is 76.8 Å². The average Bonchev–Trinajstić information content (AvgIpc) is 3.32. The van der Waals surface area contributed by atoms with Gasteiger partial charge in [-0.05, 0) is 71.3 Å². The first kappa shape index (κ1) is 18.5. The van der Waals surface area contributed by atoms with Gasteiger partial charge in [0.15, 0.2) is 11.5 Å². The highest BCUT2D eigenvalue weighted by molar-refractivity contribution is 14.1. The number of rotatable bonds is 4. The largest absolute Gasteiger partial charge is 0.481 e. The van der Waals surface area contributed by atoms with Crippen LogP contribution in [0.5, 0.6) is 11.5 Å². The molecule has 5 rings (SSSR count). The maximum atomic E-state index is 11.3. The van der Waals surface area contributed by atoms with E-state index in [4.69, 9.17) is 14.5 Å². The van der Waals surface area contributed by atoms with Crippen molar-refractivity contribution in [3.63, 3.8) is 0 Å². The number of carbonyl (C=O) groups is 1. The molecule has 0 saturated carbocycles. The number of aromatic nitrogens is 2. The summed E-state index contributed by atoms with van der Waals surface area (Å²) in [5.74, 6) is 1.47. The Bertz CT molecular complexity index is 1090. The summed E-state index contributed by atoms with van der Waals surface area (Å²) in [6.45, 7) is 2.30. The van der Waals surface area contributed by atoms with E-state index in [1.54, 1.807) is 0 Å². The second-order valence-corrected chi connectivity index (χ2v) is 8.66. The van der Waals surface area contributed by atoms with Crippen LogP contribution >= 0.6 is 22.6 Å². The van der Waals surface area contributed by atoms with Crippen molar-refractivity contribution in [2.24, 2.45) is 5.92 Å². The Kier molecular flexibility index (Phi) is 4.73. The molecular weight excluding hydrogens is 485 g/mol. The molecule has 150 valence electrons. The van der Waals surface area contributed by atoms with Crippen molar-refractivity contribution >= 4 is 45.5 Å². The number of fused-ring (bicyclic) bond motifs is 2. The molecule has 0 atom stereocenters. The van der Waals surface area contributed by atoms with Crippen LogP contribution in [-0.2, 0) is 11.3 Å². The molecule has 1 fully saturated rings. The summed E-state index contributed by atoms with van der Waals surface area (Å²) in [6.07, 6.45) is 1.28. The molecular formula is C21H20IN3O4. The quantitative estimate of drug-likeness (QED) is 0.545. The number of nitrogens with zero attached hydrogens (tertiary/aromatic N) is 3. The lowest BCUT2D eigenvalue weighted by molar-refractivity contribution is -0.142. The van der Waals surface area contributed by atoms with Gasteiger partial charge in [-0.1, -0.05) is 6.07 Å². The molecule has 29 heavy (non-hydrogen) atoms. The molecule has 7 nitrogen and oxygen atoms in total. The number of ether oxygens (including phenoxy) is 2. The van der Waals surface area contributed by atoms with Gasteiger partial charge in [-0.2, -0.15) is 0 Å². The van der Waals surface area contributed by atoms with Gasteiger partial charge in [0.05, 0.1) is 23.5 Å². The minimum absolute atomic E-state index is 0.259.